The lowest BCUT2D eigenvalue weighted by Gasteiger charge is -2.03. The number of nitrogens with zero attached hydrogens (tertiary/aromatic N) is 2. The van der Waals surface area contributed by atoms with Crippen molar-refractivity contribution in [2.45, 2.75) is 26.3 Å². The number of rotatable bonds is 5. The molecule has 1 aromatic carbocycles. The van der Waals surface area contributed by atoms with Gasteiger partial charge in [-0.15, -0.1) is 0 Å². The molecule has 2 rings (SSSR count). The lowest BCUT2D eigenvalue weighted by Crippen LogP contribution is -2.02. The fourth-order valence-corrected chi connectivity index (χ4v) is 2.68. The molecule has 0 N–H and O–H groups in total. The Balaban J connectivity index is 2.06. The molecule has 106 valence electrons. The van der Waals surface area contributed by atoms with Crippen LogP contribution in [0.1, 0.15) is 29.3 Å². The number of carbonyl (C=O) groups excluding carboxylic acids is 1. The highest BCUT2D eigenvalue weighted by Gasteiger charge is 2.13. The third-order valence-electron chi connectivity index (χ3n) is 2.96. The first-order valence-corrected chi connectivity index (χ1v) is 7.38. The molecular formula is C14H13BrClFN2O. The highest BCUT2D eigenvalue weighted by molar-refractivity contribution is 9.10. The van der Waals surface area contributed by atoms with Gasteiger partial charge in [0.05, 0.1) is 0 Å². The van der Waals surface area contributed by atoms with Crippen LogP contribution in [0.5, 0.6) is 0 Å². The Morgan fingerprint density at radius 1 is 1.50 bits per heavy atom. The summed E-state index contributed by atoms with van der Waals surface area (Å²) < 4.78 is 15.2. The lowest BCUT2D eigenvalue weighted by molar-refractivity contribution is 0.0982. The van der Waals surface area contributed by atoms with Crippen molar-refractivity contribution < 1.29 is 9.18 Å². The van der Waals surface area contributed by atoms with Gasteiger partial charge >= 0.3 is 0 Å². The molecule has 0 unspecified atom stereocenters. The van der Waals surface area contributed by atoms with Crippen LogP contribution in [0, 0.1) is 5.82 Å². The van der Waals surface area contributed by atoms with E-state index in [1.165, 1.54) is 18.2 Å². The number of ketones is 1. The summed E-state index contributed by atoms with van der Waals surface area (Å²) in [6, 6.07) is 4.05. The first-order chi connectivity index (χ1) is 9.51. The molecule has 0 spiro atoms. The molecule has 0 amide bonds. The Bertz CT molecular complexity index is 642. The van der Waals surface area contributed by atoms with E-state index in [4.69, 9.17) is 11.6 Å². The number of benzene rings is 1. The van der Waals surface area contributed by atoms with Crippen molar-refractivity contribution in [3.8, 4) is 0 Å². The molecule has 0 atom stereocenters. The van der Waals surface area contributed by atoms with Crippen molar-refractivity contribution in [1.82, 2.24) is 9.78 Å². The van der Waals surface area contributed by atoms with Crippen molar-refractivity contribution in [3.63, 3.8) is 0 Å². The minimum atomic E-state index is -0.374. The van der Waals surface area contributed by atoms with E-state index >= 15 is 0 Å². The minimum absolute atomic E-state index is 0.0582. The fraction of sp³-hybridized carbons (Fsp3) is 0.286. The molecule has 1 heterocycles. The Labute approximate surface area is 129 Å². The number of carbonyl (C=O) groups is 1. The standard InChI is InChI=1S/C14H13BrClFN2O/c1-2-19-8-9(14(16)18-19)3-6-13(20)11-5-4-10(17)7-12(11)15/h4-5,7-8H,2-3,6H2,1H3. The summed E-state index contributed by atoms with van der Waals surface area (Å²) in [6.07, 6.45) is 2.66. The molecule has 6 heteroatoms. The van der Waals surface area contributed by atoms with Gasteiger partial charge in [-0.3, -0.25) is 9.48 Å². The van der Waals surface area contributed by atoms with Gasteiger partial charge in [-0.25, -0.2) is 4.39 Å². The summed E-state index contributed by atoms with van der Waals surface area (Å²) in [4.78, 5) is 12.1. The van der Waals surface area contributed by atoms with Crippen molar-refractivity contribution in [3.05, 3.63) is 51.0 Å². The van der Waals surface area contributed by atoms with E-state index in [1.54, 1.807) is 4.68 Å². The molecular weight excluding hydrogens is 347 g/mol. The molecule has 0 saturated carbocycles. The Kier molecular flexibility index (Phi) is 4.94. The third-order valence-corrected chi connectivity index (χ3v) is 3.94. The molecule has 3 nitrogen and oxygen atoms in total. The van der Waals surface area contributed by atoms with E-state index in [2.05, 4.69) is 21.0 Å². The van der Waals surface area contributed by atoms with Crippen LogP contribution in [0.25, 0.3) is 0 Å². The van der Waals surface area contributed by atoms with Gasteiger partial charge in [0.1, 0.15) is 5.82 Å². The second-order valence-electron chi connectivity index (χ2n) is 4.35. The van der Waals surface area contributed by atoms with Crippen LogP contribution in [-0.2, 0) is 13.0 Å². The van der Waals surface area contributed by atoms with E-state index in [1.807, 2.05) is 13.1 Å². The summed E-state index contributed by atoms with van der Waals surface area (Å²) >= 11 is 9.20. The average Bonchev–Trinajstić information content (AvgIpc) is 2.76. The second-order valence-corrected chi connectivity index (χ2v) is 5.56. The number of aryl methyl sites for hydroxylation is 2. The van der Waals surface area contributed by atoms with E-state index in [-0.39, 0.29) is 11.6 Å². The van der Waals surface area contributed by atoms with Gasteiger partial charge in [-0.1, -0.05) is 11.6 Å². The minimum Gasteiger partial charge on any atom is -0.294 e. The number of hydrogen-bond donors (Lipinski definition) is 0. The maximum Gasteiger partial charge on any atom is 0.164 e. The molecule has 20 heavy (non-hydrogen) atoms. The number of aromatic nitrogens is 2. The molecule has 0 fully saturated rings. The van der Waals surface area contributed by atoms with Crippen molar-refractivity contribution in [1.29, 1.82) is 0 Å². The zero-order chi connectivity index (χ0) is 14.7. The molecule has 0 aliphatic rings. The first kappa shape index (κ1) is 15.2. The van der Waals surface area contributed by atoms with Crippen LogP contribution in [0.15, 0.2) is 28.9 Å². The number of halogens is 3. The van der Waals surface area contributed by atoms with Crippen LogP contribution < -0.4 is 0 Å². The molecule has 0 radical (unpaired) electrons. The molecule has 0 aliphatic carbocycles. The van der Waals surface area contributed by atoms with Gasteiger partial charge in [-0.05, 0) is 47.5 Å². The van der Waals surface area contributed by atoms with Crippen molar-refractivity contribution in [2.75, 3.05) is 0 Å². The van der Waals surface area contributed by atoms with E-state index in [0.717, 1.165) is 12.1 Å². The molecule has 0 aliphatic heterocycles. The van der Waals surface area contributed by atoms with Gasteiger partial charge in [0.15, 0.2) is 10.9 Å². The summed E-state index contributed by atoms with van der Waals surface area (Å²) in [6.45, 7) is 2.70. The summed E-state index contributed by atoms with van der Waals surface area (Å²) in [7, 11) is 0. The highest BCUT2D eigenvalue weighted by Crippen LogP contribution is 2.21. The van der Waals surface area contributed by atoms with Crippen molar-refractivity contribution >= 4 is 33.3 Å². The SMILES string of the molecule is CCn1cc(CCC(=O)c2ccc(F)cc2Br)c(Cl)n1. The Hall–Kier alpha value is -1.20. The van der Waals surface area contributed by atoms with Crippen LogP contribution in [0.2, 0.25) is 5.15 Å². The molecule has 0 saturated heterocycles. The number of hydrogen-bond acceptors (Lipinski definition) is 2. The van der Waals surface area contributed by atoms with E-state index in [0.29, 0.717) is 28.0 Å². The zero-order valence-electron chi connectivity index (χ0n) is 10.9. The number of Topliss-reactive ketones (excluding diaryl/α,β-unsaturated/α-hetero) is 1. The van der Waals surface area contributed by atoms with Crippen LogP contribution in [0.3, 0.4) is 0 Å². The van der Waals surface area contributed by atoms with Crippen LogP contribution in [-0.4, -0.2) is 15.6 Å². The topological polar surface area (TPSA) is 34.9 Å². The summed E-state index contributed by atoms with van der Waals surface area (Å²) in [5, 5.41) is 4.55. The zero-order valence-corrected chi connectivity index (χ0v) is 13.2. The van der Waals surface area contributed by atoms with E-state index in [9.17, 15) is 9.18 Å². The largest absolute Gasteiger partial charge is 0.294 e. The molecule has 2 aromatic rings. The fourth-order valence-electron chi connectivity index (χ4n) is 1.87. The summed E-state index contributed by atoms with van der Waals surface area (Å²) in [5.41, 5.74) is 1.32. The van der Waals surface area contributed by atoms with Crippen LogP contribution in [0.4, 0.5) is 4.39 Å². The lowest BCUT2D eigenvalue weighted by atomic mass is 10.0. The van der Waals surface area contributed by atoms with Gasteiger partial charge in [0, 0.05) is 34.8 Å². The third kappa shape index (κ3) is 3.46. The average molecular weight is 360 g/mol. The predicted octanol–water partition coefficient (Wildman–Crippen LogP) is 4.27. The maximum absolute atomic E-state index is 13.0. The monoisotopic (exact) mass is 358 g/mol. The maximum atomic E-state index is 13.0. The Morgan fingerprint density at radius 2 is 2.25 bits per heavy atom. The highest BCUT2D eigenvalue weighted by atomic mass is 79.9. The van der Waals surface area contributed by atoms with Gasteiger partial charge in [0.25, 0.3) is 0 Å². The van der Waals surface area contributed by atoms with Crippen LogP contribution >= 0.6 is 27.5 Å². The quantitative estimate of drug-likeness (QED) is 0.747. The first-order valence-electron chi connectivity index (χ1n) is 6.21. The van der Waals surface area contributed by atoms with E-state index < -0.39 is 0 Å². The van der Waals surface area contributed by atoms with Gasteiger partial charge < -0.3 is 0 Å². The second kappa shape index (κ2) is 6.50. The van der Waals surface area contributed by atoms with Crippen molar-refractivity contribution in [2.24, 2.45) is 0 Å². The Morgan fingerprint density at radius 3 is 2.85 bits per heavy atom. The molecule has 0 bridgehead atoms. The van der Waals surface area contributed by atoms with Gasteiger partial charge in [0.2, 0.25) is 0 Å². The van der Waals surface area contributed by atoms with Gasteiger partial charge in [-0.2, -0.15) is 5.10 Å². The molecule has 1 aromatic heterocycles. The summed E-state index contributed by atoms with van der Waals surface area (Å²) in [5.74, 6) is -0.433. The normalized spacial score (nSPS) is 10.8. The smallest absolute Gasteiger partial charge is 0.164 e. The predicted molar refractivity (Wildman–Crippen MR) is 79.7 cm³/mol.